The Kier molecular flexibility index (Phi) is 5.12. The van der Waals surface area contributed by atoms with Gasteiger partial charge in [0.25, 0.3) is 5.91 Å². The van der Waals surface area contributed by atoms with Crippen molar-refractivity contribution < 1.29 is 19.1 Å². The van der Waals surface area contributed by atoms with E-state index in [0.717, 1.165) is 11.3 Å². The Balaban J connectivity index is 2.16. The number of carbonyl (C=O) groups is 2. The van der Waals surface area contributed by atoms with Gasteiger partial charge >= 0.3 is 5.97 Å². The second-order valence-corrected chi connectivity index (χ2v) is 6.23. The second kappa shape index (κ2) is 7.49. The summed E-state index contributed by atoms with van der Waals surface area (Å²) in [5.74, 6) is 0.294. The van der Waals surface area contributed by atoms with Crippen molar-refractivity contribution in [2.45, 2.75) is 6.54 Å². The molecule has 0 fully saturated rings. The molecule has 7 heteroatoms. The van der Waals surface area contributed by atoms with Crippen LogP contribution in [-0.2, 0) is 11.3 Å². The molecule has 0 radical (unpaired) electrons. The van der Waals surface area contributed by atoms with Gasteiger partial charge in [-0.25, -0.2) is 9.78 Å². The molecule has 140 valence electrons. The van der Waals surface area contributed by atoms with Crippen LogP contribution < -0.4 is 4.74 Å². The molecule has 27 heavy (non-hydrogen) atoms. The predicted octanol–water partition coefficient (Wildman–Crippen LogP) is 2.58. The van der Waals surface area contributed by atoms with E-state index in [2.05, 4.69) is 4.98 Å². The lowest BCUT2D eigenvalue weighted by molar-refractivity contribution is 0.0602. The third-order valence-corrected chi connectivity index (χ3v) is 4.28. The molecule has 3 aromatic rings. The normalized spacial score (nSPS) is 10.7. The van der Waals surface area contributed by atoms with E-state index in [4.69, 9.17) is 9.47 Å². The summed E-state index contributed by atoms with van der Waals surface area (Å²) in [6.07, 6.45) is 0. The van der Waals surface area contributed by atoms with Crippen molar-refractivity contribution in [3.8, 4) is 5.75 Å². The molecule has 0 atom stereocenters. The van der Waals surface area contributed by atoms with E-state index in [9.17, 15) is 9.59 Å². The number of methoxy groups -OCH3 is 2. The van der Waals surface area contributed by atoms with Crippen LogP contribution in [0.3, 0.4) is 0 Å². The van der Waals surface area contributed by atoms with Crippen LogP contribution in [0.2, 0.25) is 0 Å². The first kappa shape index (κ1) is 18.4. The number of nitrogens with zero attached hydrogens (tertiary/aromatic N) is 3. The van der Waals surface area contributed by atoms with Crippen LogP contribution in [0.1, 0.15) is 26.5 Å². The lowest BCUT2D eigenvalue weighted by Crippen LogP contribution is -2.25. The van der Waals surface area contributed by atoms with Gasteiger partial charge in [-0.15, -0.1) is 0 Å². The fourth-order valence-electron chi connectivity index (χ4n) is 2.86. The molecule has 0 aliphatic rings. The number of esters is 1. The smallest absolute Gasteiger partial charge is 0.340 e. The number of aromatic nitrogens is 2. The number of imidazole rings is 1. The van der Waals surface area contributed by atoms with Crippen molar-refractivity contribution in [2.75, 3.05) is 28.3 Å². The summed E-state index contributed by atoms with van der Waals surface area (Å²) < 4.78 is 11.9. The Morgan fingerprint density at radius 3 is 2.37 bits per heavy atom. The van der Waals surface area contributed by atoms with E-state index >= 15 is 0 Å². The van der Waals surface area contributed by atoms with Crippen LogP contribution in [-0.4, -0.2) is 54.6 Å². The van der Waals surface area contributed by atoms with E-state index in [0.29, 0.717) is 23.1 Å². The molecule has 7 nitrogen and oxygen atoms in total. The Hall–Kier alpha value is -3.35. The van der Waals surface area contributed by atoms with Gasteiger partial charge in [-0.05, 0) is 29.8 Å². The average molecular weight is 367 g/mol. The number of fused-ring (bicyclic) bond motifs is 1. The molecule has 1 amide bonds. The summed E-state index contributed by atoms with van der Waals surface area (Å²) in [5.41, 5.74) is 2.45. The zero-order chi connectivity index (χ0) is 19.6. The van der Waals surface area contributed by atoms with Crippen molar-refractivity contribution in [2.24, 2.45) is 0 Å². The number of hydrogen-bond acceptors (Lipinski definition) is 5. The van der Waals surface area contributed by atoms with Gasteiger partial charge in [-0.1, -0.05) is 18.2 Å². The third kappa shape index (κ3) is 3.48. The Labute approximate surface area is 157 Å². The maximum Gasteiger partial charge on any atom is 0.340 e. The molecular formula is C20H21N3O4. The molecule has 0 N–H and O–H groups in total. The summed E-state index contributed by atoms with van der Waals surface area (Å²) >= 11 is 0. The first-order chi connectivity index (χ1) is 13.0. The minimum Gasteiger partial charge on any atom is -0.497 e. The first-order valence-corrected chi connectivity index (χ1v) is 8.38. The van der Waals surface area contributed by atoms with Crippen LogP contribution in [0.5, 0.6) is 5.75 Å². The first-order valence-electron chi connectivity index (χ1n) is 8.38. The van der Waals surface area contributed by atoms with Gasteiger partial charge in [0.1, 0.15) is 11.3 Å². The number of rotatable bonds is 5. The third-order valence-electron chi connectivity index (χ3n) is 4.28. The zero-order valence-electron chi connectivity index (χ0n) is 15.7. The standard InChI is InChI=1S/C20H21N3O4/c1-22(2)19(24)18-21-17-15(20(25)27-4)6-5-7-16(17)23(18)12-13-8-10-14(26-3)11-9-13/h5-11H,12H2,1-4H3. The van der Waals surface area contributed by atoms with E-state index in [-0.39, 0.29) is 11.7 Å². The maximum absolute atomic E-state index is 12.7. The number of para-hydroxylation sites is 1. The van der Waals surface area contributed by atoms with Crippen LogP contribution in [0, 0.1) is 0 Å². The highest BCUT2D eigenvalue weighted by atomic mass is 16.5. The fraction of sp³-hybridized carbons (Fsp3) is 0.250. The second-order valence-electron chi connectivity index (χ2n) is 6.23. The fourth-order valence-corrected chi connectivity index (χ4v) is 2.86. The van der Waals surface area contributed by atoms with Crippen molar-refractivity contribution in [3.63, 3.8) is 0 Å². The average Bonchev–Trinajstić information content (AvgIpc) is 3.05. The van der Waals surface area contributed by atoms with Crippen molar-refractivity contribution in [1.29, 1.82) is 0 Å². The largest absolute Gasteiger partial charge is 0.497 e. The number of ether oxygens (including phenoxy) is 2. The van der Waals surface area contributed by atoms with Crippen LogP contribution in [0.25, 0.3) is 11.0 Å². The molecule has 3 rings (SSSR count). The summed E-state index contributed by atoms with van der Waals surface area (Å²) in [6.45, 7) is 0.431. The lowest BCUT2D eigenvalue weighted by Gasteiger charge is -2.13. The summed E-state index contributed by atoms with van der Waals surface area (Å²) in [6, 6.07) is 12.8. The molecule has 0 saturated heterocycles. The van der Waals surface area contributed by atoms with Crippen LogP contribution in [0.4, 0.5) is 0 Å². The Morgan fingerprint density at radius 2 is 1.78 bits per heavy atom. The van der Waals surface area contributed by atoms with E-state index in [1.54, 1.807) is 33.3 Å². The van der Waals surface area contributed by atoms with E-state index in [1.807, 2.05) is 34.9 Å². The molecule has 0 saturated carbocycles. The Morgan fingerprint density at radius 1 is 1.07 bits per heavy atom. The van der Waals surface area contributed by atoms with E-state index < -0.39 is 5.97 Å². The summed E-state index contributed by atoms with van der Waals surface area (Å²) in [4.78, 5) is 30.7. The minimum absolute atomic E-state index is 0.240. The Bertz CT molecular complexity index is 990. The van der Waals surface area contributed by atoms with Gasteiger partial charge < -0.3 is 18.9 Å². The van der Waals surface area contributed by atoms with Crippen molar-refractivity contribution in [1.82, 2.24) is 14.5 Å². The van der Waals surface area contributed by atoms with Crippen LogP contribution in [0.15, 0.2) is 42.5 Å². The monoisotopic (exact) mass is 367 g/mol. The molecular weight excluding hydrogens is 346 g/mol. The van der Waals surface area contributed by atoms with Gasteiger partial charge in [-0.3, -0.25) is 4.79 Å². The van der Waals surface area contributed by atoms with E-state index in [1.165, 1.54) is 12.0 Å². The summed E-state index contributed by atoms with van der Waals surface area (Å²) in [7, 11) is 6.27. The minimum atomic E-state index is -0.487. The molecule has 0 unspecified atom stereocenters. The molecule has 0 bridgehead atoms. The maximum atomic E-state index is 12.7. The number of hydrogen-bond donors (Lipinski definition) is 0. The number of amides is 1. The van der Waals surface area contributed by atoms with Crippen LogP contribution >= 0.6 is 0 Å². The van der Waals surface area contributed by atoms with Gasteiger partial charge in [0.15, 0.2) is 0 Å². The number of carbonyl (C=O) groups excluding carboxylic acids is 2. The van der Waals surface area contributed by atoms with Crippen molar-refractivity contribution in [3.05, 3.63) is 59.4 Å². The molecule has 0 aliphatic heterocycles. The SMILES string of the molecule is COC(=O)c1cccc2c1nc(C(=O)N(C)C)n2Cc1ccc(OC)cc1. The highest BCUT2D eigenvalue weighted by Gasteiger charge is 2.23. The van der Waals surface area contributed by atoms with Gasteiger partial charge in [0, 0.05) is 20.6 Å². The number of benzene rings is 2. The molecule has 0 aliphatic carbocycles. The molecule has 1 heterocycles. The van der Waals surface area contributed by atoms with Gasteiger partial charge in [0.2, 0.25) is 5.82 Å². The highest BCUT2D eigenvalue weighted by molar-refractivity contribution is 6.04. The lowest BCUT2D eigenvalue weighted by atomic mass is 10.1. The molecule has 0 spiro atoms. The van der Waals surface area contributed by atoms with Gasteiger partial charge in [-0.2, -0.15) is 0 Å². The summed E-state index contributed by atoms with van der Waals surface area (Å²) in [5, 5.41) is 0. The topological polar surface area (TPSA) is 73.7 Å². The van der Waals surface area contributed by atoms with Crippen molar-refractivity contribution >= 4 is 22.9 Å². The predicted molar refractivity (Wildman–Crippen MR) is 101 cm³/mol. The quantitative estimate of drug-likeness (QED) is 0.648. The highest BCUT2D eigenvalue weighted by Crippen LogP contribution is 2.23. The molecule has 1 aromatic heterocycles. The molecule has 2 aromatic carbocycles. The zero-order valence-corrected chi connectivity index (χ0v) is 15.7. The van der Waals surface area contributed by atoms with Gasteiger partial charge in [0.05, 0.1) is 25.3 Å².